The topological polar surface area (TPSA) is 0 Å². The van der Waals surface area contributed by atoms with Gasteiger partial charge in [0.1, 0.15) is 0 Å². The highest BCUT2D eigenvalue weighted by Gasteiger charge is 1.81. The fraction of sp³-hybridized carbons (Fsp3) is 0.231. The Bertz CT molecular complexity index is 333. The summed E-state index contributed by atoms with van der Waals surface area (Å²) in [5.41, 5.74) is 2.22. The molecule has 66 valence electrons. The van der Waals surface area contributed by atoms with E-state index in [9.17, 15) is 0 Å². The van der Waals surface area contributed by atoms with E-state index in [2.05, 4.69) is 24.8 Å². The van der Waals surface area contributed by atoms with E-state index in [-0.39, 0.29) is 0 Å². The highest BCUT2D eigenvalue weighted by molar-refractivity contribution is 5.39. The summed E-state index contributed by atoms with van der Waals surface area (Å²) in [5, 5.41) is 0. The highest BCUT2D eigenvalue weighted by Crippen LogP contribution is 1.97. The standard InChI is InChI=1S/C13H14/c1-3-7-12(2)10-11-13-8-5-4-6-9-13/h4-9H,3H2,1-2H3. The third-order valence-corrected chi connectivity index (χ3v) is 1.69. The van der Waals surface area contributed by atoms with Crippen LogP contribution in [0.5, 0.6) is 0 Å². The predicted octanol–water partition coefficient (Wildman–Crippen LogP) is 3.39. The van der Waals surface area contributed by atoms with E-state index in [0.29, 0.717) is 0 Å². The van der Waals surface area contributed by atoms with E-state index in [1.807, 2.05) is 37.3 Å². The monoisotopic (exact) mass is 170 g/mol. The average molecular weight is 170 g/mol. The Morgan fingerprint density at radius 2 is 2.00 bits per heavy atom. The zero-order valence-electron chi connectivity index (χ0n) is 8.17. The smallest absolute Gasteiger partial charge is 0.0248 e. The second-order valence-electron chi connectivity index (χ2n) is 2.91. The van der Waals surface area contributed by atoms with Crippen molar-refractivity contribution in [3.8, 4) is 11.8 Å². The van der Waals surface area contributed by atoms with Crippen molar-refractivity contribution < 1.29 is 0 Å². The van der Waals surface area contributed by atoms with Crippen LogP contribution in [0.4, 0.5) is 0 Å². The maximum Gasteiger partial charge on any atom is 0.0248 e. The Labute approximate surface area is 80.3 Å². The first-order valence-electron chi connectivity index (χ1n) is 4.56. The van der Waals surface area contributed by atoms with Gasteiger partial charge in [-0.3, -0.25) is 0 Å². The maximum absolute atomic E-state index is 3.11. The molecule has 0 radical (unpaired) electrons. The molecule has 0 amide bonds. The van der Waals surface area contributed by atoms with Crippen molar-refractivity contribution in [2.75, 3.05) is 0 Å². The van der Waals surface area contributed by atoms with Gasteiger partial charge in [0, 0.05) is 5.56 Å². The van der Waals surface area contributed by atoms with E-state index in [0.717, 1.165) is 17.6 Å². The molecule has 0 unspecified atom stereocenters. The van der Waals surface area contributed by atoms with Gasteiger partial charge in [-0.25, -0.2) is 0 Å². The molecule has 0 N–H and O–H groups in total. The third kappa shape index (κ3) is 3.62. The first kappa shape index (κ1) is 9.61. The molecule has 0 heteroatoms. The molecular weight excluding hydrogens is 156 g/mol. The molecule has 13 heavy (non-hydrogen) atoms. The minimum atomic E-state index is 1.05. The lowest BCUT2D eigenvalue weighted by Gasteiger charge is -1.87. The SMILES string of the molecule is CCC=C(C)C#Cc1ccccc1. The van der Waals surface area contributed by atoms with Crippen LogP contribution in [-0.4, -0.2) is 0 Å². The van der Waals surface area contributed by atoms with Gasteiger partial charge in [-0.2, -0.15) is 0 Å². The Balaban J connectivity index is 2.73. The largest absolute Gasteiger partial charge is 0.0735 e. The summed E-state index contributed by atoms with van der Waals surface area (Å²) in [6, 6.07) is 10.0. The van der Waals surface area contributed by atoms with Crippen LogP contribution < -0.4 is 0 Å². The second-order valence-corrected chi connectivity index (χ2v) is 2.91. The molecule has 1 aromatic rings. The van der Waals surface area contributed by atoms with Crippen molar-refractivity contribution in [2.45, 2.75) is 20.3 Å². The van der Waals surface area contributed by atoms with E-state index in [1.54, 1.807) is 0 Å². The molecule has 0 aromatic heterocycles. The summed E-state index contributed by atoms with van der Waals surface area (Å²) in [6.45, 7) is 4.16. The zero-order chi connectivity index (χ0) is 9.52. The lowest BCUT2D eigenvalue weighted by Crippen LogP contribution is -1.72. The fourth-order valence-electron chi connectivity index (χ4n) is 1.05. The Morgan fingerprint density at radius 3 is 2.62 bits per heavy atom. The van der Waals surface area contributed by atoms with Crippen LogP contribution in [0, 0.1) is 11.8 Å². The zero-order valence-corrected chi connectivity index (χ0v) is 8.17. The molecule has 0 atom stereocenters. The summed E-state index contributed by atoms with van der Waals surface area (Å²) in [5.74, 6) is 6.22. The molecule has 0 saturated carbocycles. The number of hydrogen-bond acceptors (Lipinski definition) is 0. The minimum absolute atomic E-state index is 1.05. The number of rotatable bonds is 1. The molecule has 0 heterocycles. The van der Waals surface area contributed by atoms with E-state index in [4.69, 9.17) is 0 Å². The van der Waals surface area contributed by atoms with Crippen LogP contribution >= 0.6 is 0 Å². The summed E-state index contributed by atoms with van der Waals surface area (Å²) >= 11 is 0. The molecule has 0 bridgehead atoms. The molecule has 0 aliphatic carbocycles. The molecular formula is C13H14. The van der Waals surface area contributed by atoms with Crippen LogP contribution in [0.15, 0.2) is 42.0 Å². The number of allylic oxidation sites excluding steroid dienone is 2. The number of benzene rings is 1. The summed E-state index contributed by atoms with van der Waals surface area (Å²) < 4.78 is 0. The van der Waals surface area contributed by atoms with Crippen molar-refractivity contribution in [1.82, 2.24) is 0 Å². The summed E-state index contributed by atoms with van der Waals surface area (Å²) in [4.78, 5) is 0. The molecule has 1 rings (SSSR count). The minimum Gasteiger partial charge on any atom is -0.0735 e. The van der Waals surface area contributed by atoms with Crippen molar-refractivity contribution in [3.63, 3.8) is 0 Å². The second kappa shape index (κ2) is 5.22. The van der Waals surface area contributed by atoms with Gasteiger partial charge >= 0.3 is 0 Å². The lowest BCUT2D eigenvalue weighted by atomic mass is 10.2. The van der Waals surface area contributed by atoms with Crippen molar-refractivity contribution >= 4 is 0 Å². The van der Waals surface area contributed by atoms with Crippen LogP contribution in [0.25, 0.3) is 0 Å². The molecule has 0 saturated heterocycles. The van der Waals surface area contributed by atoms with Crippen molar-refractivity contribution in [1.29, 1.82) is 0 Å². The van der Waals surface area contributed by atoms with Crippen LogP contribution in [0.3, 0.4) is 0 Å². The first-order valence-corrected chi connectivity index (χ1v) is 4.56. The normalized spacial score (nSPS) is 10.5. The summed E-state index contributed by atoms with van der Waals surface area (Å²) in [7, 11) is 0. The average Bonchev–Trinajstić information content (AvgIpc) is 2.17. The van der Waals surface area contributed by atoms with Crippen LogP contribution in [-0.2, 0) is 0 Å². The van der Waals surface area contributed by atoms with E-state index < -0.39 is 0 Å². The van der Waals surface area contributed by atoms with Gasteiger partial charge in [-0.15, -0.1) is 0 Å². The predicted molar refractivity (Wildman–Crippen MR) is 57.4 cm³/mol. The third-order valence-electron chi connectivity index (χ3n) is 1.69. The lowest BCUT2D eigenvalue weighted by molar-refractivity contribution is 1.20. The van der Waals surface area contributed by atoms with Gasteiger partial charge in [-0.05, 0) is 31.1 Å². The van der Waals surface area contributed by atoms with Gasteiger partial charge in [0.25, 0.3) is 0 Å². The van der Waals surface area contributed by atoms with Gasteiger partial charge in [0.05, 0.1) is 0 Å². The highest BCUT2D eigenvalue weighted by atomic mass is 13.9. The Kier molecular flexibility index (Phi) is 3.85. The molecule has 0 nitrogen and oxygen atoms in total. The fourth-order valence-corrected chi connectivity index (χ4v) is 1.05. The maximum atomic E-state index is 3.11. The van der Waals surface area contributed by atoms with Crippen LogP contribution in [0.2, 0.25) is 0 Å². The van der Waals surface area contributed by atoms with Crippen molar-refractivity contribution in [2.24, 2.45) is 0 Å². The Hall–Kier alpha value is -1.48. The van der Waals surface area contributed by atoms with E-state index in [1.165, 1.54) is 0 Å². The molecule has 1 aromatic carbocycles. The molecule has 0 fully saturated rings. The van der Waals surface area contributed by atoms with Gasteiger partial charge in [-0.1, -0.05) is 43.0 Å². The van der Waals surface area contributed by atoms with E-state index >= 15 is 0 Å². The number of hydrogen-bond donors (Lipinski definition) is 0. The molecule has 0 aliphatic rings. The van der Waals surface area contributed by atoms with Crippen molar-refractivity contribution in [3.05, 3.63) is 47.5 Å². The van der Waals surface area contributed by atoms with Gasteiger partial charge < -0.3 is 0 Å². The summed E-state index contributed by atoms with van der Waals surface area (Å²) in [6.07, 6.45) is 3.19. The van der Waals surface area contributed by atoms with Gasteiger partial charge in [0.2, 0.25) is 0 Å². The Morgan fingerprint density at radius 1 is 1.31 bits per heavy atom. The quantitative estimate of drug-likeness (QED) is 0.567. The molecule has 0 aliphatic heterocycles. The molecule has 0 spiro atoms. The van der Waals surface area contributed by atoms with Gasteiger partial charge in [0.15, 0.2) is 0 Å². The first-order chi connectivity index (χ1) is 6.33. The van der Waals surface area contributed by atoms with Crippen LogP contribution in [0.1, 0.15) is 25.8 Å².